The molecule has 1 aromatic rings. The van der Waals surface area contributed by atoms with Crippen LogP contribution in [0.2, 0.25) is 0 Å². The molecule has 3 aliphatic heterocycles. The van der Waals surface area contributed by atoms with Gasteiger partial charge in [-0.1, -0.05) is 42.5 Å². The van der Waals surface area contributed by atoms with Crippen LogP contribution in [0.25, 0.3) is 0 Å². The third kappa shape index (κ3) is 5.41. The van der Waals surface area contributed by atoms with Crippen molar-refractivity contribution in [3.63, 3.8) is 0 Å². The number of hydrogen-bond acceptors (Lipinski definition) is 7. The zero-order valence-corrected chi connectivity index (χ0v) is 18.4. The van der Waals surface area contributed by atoms with Crippen molar-refractivity contribution in [3.05, 3.63) is 47.2 Å². The molecule has 0 unspecified atom stereocenters. The molecule has 9 heteroatoms. The lowest BCUT2D eigenvalue weighted by molar-refractivity contribution is -0.140. The molecule has 3 heterocycles. The Labute approximate surface area is 185 Å². The molecular weight excluding hydrogens is 422 g/mol. The van der Waals surface area contributed by atoms with Crippen LogP contribution in [-0.4, -0.2) is 52.4 Å². The van der Waals surface area contributed by atoms with E-state index in [0.29, 0.717) is 10.8 Å². The molecule has 30 heavy (non-hydrogen) atoms. The number of rotatable bonds is 4. The molecule has 2 saturated heterocycles. The number of aliphatic carboxylic acids is 1. The maximum Gasteiger partial charge on any atom is 0.323 e. The Morgan fingerprint density at radius 3 is 2.57 bits per heavy atom. The molecular formula is C21H25N3O4S2. The van der Waals surface area contributed by atoms with Gasteiger partial charge in [0.2, 0.25) is 5.88 Å². The first kappa shape index (κ1) is 22.3. The van der Waals surface area contributed by atoms with Crippen molar-refractivity contribution in [2.75, 3.05) is 31.1 Å². The molecule has 0 saturated carbocycles. The zero-order chi connectivity index (χ0) is 21.5. The number of piperidine rings is 1. The Balaban J connectivity index is 0.000000367. The van der Waals surface area contributed by atoms with Crippen LogP contribution in [0.3, 0.4) is 0 Å². The summed E-state index contributed by atoms with van der Waals surface area (Å²) in [6, 6.07) is 7.68. The number of thiocarbonyl (C=S) groups is 1. The van der Waals surface area contributed by atoms with Crippen LogP contribution in [-0.2, 0) is 9.59 Å². The van der Waals surface area contributed by atoms with E-state index in [1.165, 1.54) is 32.4 Å². The van der Waals surface area contributed by atoms with E-state index in [1.54, 1.807) is 12.2 Å². The third-order valence-corrected chi connectivity index (χ3v) is 6.10. The molecule has 3 aliphatic rings. The number of thioether (sulfide) groups is 1. The number of allylic oxidation sites excluding steroid dienone is 2. The lowest BCUT2D eigenvalue weighted by Gasteiger charge is -2.14. The first-order chi connectivity index (χ1) is 14.5. The molecule has 0 bridgehead atoms. The second kappa shape index (κ2) is 10.6. The van der Waals surface area contributed by atoms with Gasteiger partial charge in [-0.15, -0.1) is 0 Å². The lowest BCUT2D eigenvalue weighted by Crippen LogP contribution is -2.33. The van der Waals surface area contributed by atoms with Crippen LogP contribution in [0, 0.1) is 0 Å². The minimum absolute atomic E-state index is 0.245. The summed E-state index contributed by atoms with van der Waals surface area (Å²) >= 11 is 6.15. The molecule has 0 spiro atoms. The van der Waals surface area contributed by atoms with Crippen LogP contribution in [0.4, 0.5) is 5.69 Å². The monoisotopic (exact) mass is 447 g/mol. The Bertz CT molecular complexity index is 869. The predicted octanol–water partition coefficient (Wildman–Crippen LogP) is 3.34. The van der Waals surface area contributed by atoms with Crippen LogP contribution in [0.5, 0.6) is 5.75 Å². The first-order valence-electron chi connectivity index (χ1n) is 9.94. The molecule has 0 atom stereocenters. The van der Waals surface area contributed by atoms with Crippen LogP contribution in [0.1, 0.15) is 26.2 Å². The van der Waals surface area contributed by atoms with E-state index in [-0.39, 0.29) is 4.32 Å². The van der Waals surface area contributed by atoms with Gasteiger partial charge in [0.15, 0.2) is 5.75 Å². The molecule has 0 radical (unpaired) electrons. The number of para-hydroxylation sites is 2. The number of nitrogens with one attached hydrogen (secondary N) is 1. The SMILES string of the molecule is C1CCNCC1.CCN1C(=CC=C2SC(=S)N(CC(=O)O)C2=O)Oc2ccccc21. The molecule has 2 N–H and O–H groups in total. The topological polar surface area (TPSA) is 82.1 Å². The molecule has 0 aromatic heterocycles. The van der Waals surface area contributed by atoms with Gasteiger partial charge in [0.1, 0.15) is 10.9 Å². The van der Waals surface area contributed by atoms with Crippen molar-refractivity contribution in [1.82, 2.24) is 10.2 Å². The number of carboxylic acid groups (broad SMARTS) is 1. The van der Waals surface area contributed by atoms with E-state index < -0.39 is 18.4 Å². The average Bonchev–Trinajstić information content (AvgIpc) is 3.25. The molecule has 160 valence electrons. The summed E-state index contributed by atoms with van der Waals surface area (Å²) < 4.78 is 6.05. The number of ether oxygens (including phenoxy) is 1. The van der Waals surface area contributed by atoms with Gasteiger partial charge in [-0.2, -0.15) is 0 Å². The molecule has 4 rings (SSSR count). The fraction of sp³-hybridized carbons (Fsp3) is 0.381. The number of anilines is 1. The van der Waals surface area contributed by atoms with Crippen molar-refractivity contribution in [2.24, 2.45) is 0 Å². The van der Waals surface area contributed by atoms with Crippen molar-refractivity contribution in [1.29, 1.82) is 0 Å². The quantitative estimate of drug-likeness (QED) is 0.537. The van der Waals surface area contributed by atoms with E-state index in [2.05, 4.69) is 5.32 Å². The summed E-state index contributed by atoms with van der Waals surface area (Å²) in [6.45, 7) is 4.80. The van der Waals surface area contributed by atoms with E-state index in [9.17, 15) is 9.59 Å². The van der Waals surface area contributed by atoms with E-state index in [0.717, 1.165) is 34.6 Å². The first-order valence-corrected chi connectivity index (χ1v) is 11.2. The number of carboxylic acids is 1. The molecule has 0 aliphatic carbocycles. The predicted molar refractivity (Wildman–Crippen MR) is 123 cm³/mol. The summed E-state index contributed by atoms with van der Waals surface area (Å²) in [5.41, 5.74) is 0.970. The second-order valence-electron chi connectivity index (χ2n) is 6.81. The van der Waals surface area contributed by atoms with Crippen molar-refractivity contribution in [2.45, 2.75) is 26.2 Å². The number of hydrogen-bond donors (Lipinski definition) is 2. The van der Waals surface area contributed by atoms with Gasteiger partial charge in [-0.05, 0) is 51.1 Å². The normalized spacial score (nSPS) is 20.8. The largest absolute Gasteiger partial charge is 0.480 e. The average molecular weight is 448 g/mol. The summed E-state index contributed by atoms with van der Waals surface area (Å²) in [5.74, 6) is -0.125. The number of nitrogens with zero attached hydrogens (tertiary/aromatic N) is 2. The standard InChI is InChI=1S/C16H14N2O4S2.C5H11N/c1-2-17-10-5-3-4-6-11(10)22-13(17)8-7-12-15(21)18(9-14(19)20)16(23)24-12;1-2-4-6-5-3-1/h3-8H,2,9H2,1H3,(H,19,20);6H,1-5H2. The Kier molecular flexibility index (Phi) is 7.89. The molecule has 1 aromatic carbocycles. The Morgan fingerprint density at radius 1 is 1.23 bits per heavy atom. The number of carbonyl (C=O) groups excluding carboxylic acids is 1. The number of fused-ring (bicyclic) bond motifs is 1. The van der Waals surface area contributed by atoms with E-state index in [1.807, 2.05) is 36.1 Å². The van der Waals surface area contributed by atoms with Crippen molar-refractivity contribution in [3.8, 4) is 5.75 Å². The summed E-state index contributed by atoms with van der Waals surface area (Å²) in [7, 11) is 0. The highest BCUT2D eigenvalue weighted by Crippen LogP contribution is 2.38. The van der Waals surface area contributed by atoms with Crippen LogP contribution in [0.15, 0.2) is 47.2 Å². The zero-order valence-electron chi connectivity index (χ0n) is 16.8. The third-order valence-electron chi connectivity index (χ3n) is 4.70. The Hall–Kier alpha value is -2.36. The summed E-state index contributed by atoms with van der Waals surface area (Å²) in [6.07, 6.45) is 7.54. The molecule has 2 fully saturated rings. The van der Waals surface area contributed by atoms with Crippen molar-refractivity contribution < 1.29 is 19.4 Å². The maximum absolute atomic E-state index is 12.2. The highest BCUT2D eigenvalue weighted by Gasteiger charge is 2.33. The number of benzene rings is 1. The minimum atomic E-state index is -1.10. The summed E-state index contributed by atoms with van der Waals surface area (Å²) in [4.78, 5) is 26.5. The minimum Gasteiger partial charge on any atom is -0.480 e. The van der Waals surface area contributed by atoms with Gasteiger partial charge >= 0.3 is 5.97 Å². The van der Waals surface area contributed by atoms with E-state index in [4.69, 9.17) is 22.1 Å². The van der Waals surface area contributed by atoms with Crippen molar-refractivity contribution >= 4 is 45.9 Å². The highest BCUT2D eigenvalue weighted by molar-refractivity contribution is 8.26. The fourth-order valence-electron chi connectivity index (χ4n) is 3.24. The lowest BCUT2D eigenvalue weighted by atomic mass is 10.2. The van der Waals surface area contributed by atoms with Gasteiger partial charge < -0.3 is 20.1 Å². The van der Waals surface area contributed by atoms with Gasteiger partial charge in [0.25, 0.3) is 5.91 Å². The second-order valence-corrected chi connectivity index (χ2v) is 8.49. The number of carbonyl (C=O) groups is 2. The van der Waals surface area contributed by atoms with Crippen LogP contribution >= 0.6 is 24.0 Å². The fourth-order valence-corrected chi connectivity index (χ4v) is 4.43. The maximum atomic E-state index is 12.2. The Morgan fingerprint density at radius 2 is 1.97 bits per heavy atom. The molecule has 7 nitrogen and oxygen atoms in total. The number of amides is 1. The highest BCUT2D eigenvalue weighted by atomic mass is 32.2. The van der Waals surface area contributed by atoms with E-state index >= 15 is 0 Å². The van der Waals surface area contributed by atoms with Gasteiger partial charge in [0.05, 0.1) is 10.6 Å². The molecule has 1 amide bonds. The van der Waals surface area contributed by atoms with Crippen LogP contribution < -0.4 is 15.0 Å². The van der Waals surface area contributed by atoms with Gasteiger partial charge in [0, 0.05) is 12.6 Å². The summed E-state index contributed by atoms with van der Waals surface area (Å²) in [5, 5.41) is 12.1. The smallest absolute Gasteiger partial charge is 0.323 e. The van der Waals surface area contributed by atoms with Gasteiger partial charge in [-0.3, -0.25) is 14.5 Å². The van der Waals surface area contributed by atoms with Gasteiger partial charge in [-0.25, -0.2) is 0 Å².